The molecule has 0 atom stereocenters. The Bertz CT molecular complexity index is 852. The summed E-state index contributed by atoms with van der Waals surface area (Å²) < 4.78 is 0. The molecule has 136 valence electrons. The molecule has 0 aliphatic carbocycles. The summed E-state index contributed by atoms with van der Waals surface area (Å²) in [6.07, 6.45) is 1.64. The number of aromatic nitrogens is 1. The maximum atomic E-state index is 12.8. The lowest BCUT2D eigenvalue weighted by Gasteiger charge is -2.22. The fraction of sp³-hybridized carbons (Fsp3) is 0.136. The van der Waals surface area contributed by atoms with Crippen molar-refractivity contribution in [2.24, 2.45) is 0 Å². The molecule has 5 nitrogen and oxygen atoms in total. The Hall–Kier alpha value is -3.47. The first-order valence-corrected chi connectivity index (χ1v) is 8.72. The van der Waals surface area contributed by atoms with Crippen LogP contribution in [0.25, 0.3) is 0 Å². The van der Waals surface area contributed by atoms with Crippen molar-refractivity contribution in [3.63, 3.8) is 0 Å². The van der Waals surface area contributed by atoms with Gasteiger partial charge < -0.3 is 10.2 Å². The molecule has 1 N–H and O–H groups in total. The minimum Gasteiger partial charge on any atom is -0.326 e. The molecule has 2 aromatic carbocycles. The number of benzene rings is 2. The third-order valence-electron chi connectivity index (χ3n) is 4.07. The monoisotopic (exact) mass is 359 g/mol. The summed E-state index contributed by atoms with van der Waals surface area (Å²) in [6.45, 7) is 2.61. The third kappa shape index (κ3) is 5.25. The van der Waals surface area contributed by atoms with Crippen LogP contribution in [0.5, 0.6) is 0 Å². The van der Waals surface area contributed by atoms with Gasteiger partial charge in [0, 0.05) is 19.3 Å². The zero-order chi connectivity index (χ0) is 19.1. The molecule has 1 heterocycles. The van der Waals surface area contributed by atoms with Gasteiger partial charge >= 0.3 is 11.8 Å². The van der Waals surface area contributed by atoms with Crippen LogP contribution in [-0.2, 0) is 22.7 Å². The second-order valence-corrected chi connectivity index (χ2v) is 6.31. The van der Waals surface area contributed by atoms with E-state index in [9.17, 15) is 9.59 Å². The summed E-state index contributed by atoms with van der Waals surface area (Å²) in [5, 5.41) is 2.58. The van der Waals surface area contributed by atoms with Crippen molar-refractivity contribution < 1.29 is 9.59 Å². The number of carbonyl (C=O) groups is 2. The van der Waals surface area contributed by atoms with E-state index < -0.39 is 11.8 Å². The smallest absolute Gasteiger partial charge is 0.315 e. The van der Waals surface area contributed by atoms with E-state index in [0.717, 1.165) is 16.7 Å². The molecule has 5 heteroatoms. The van der Waals surface area contributed by atoms with E-state index in [2.05, 4.69) is 10.3 Å². The summed E-state index contributed by atoms with van der Waals surface area (Å²) in [5.74, 6) is -0.929. The zero-order valence-corrected chi connectivity index (χ0v) is 15.1. The predicted molar refractivity (Wildman–Crippen MR) is 105 cm³/mol. The summed E-state index contributed by atoms with van der Waals surface area (Å²) in [5.41, 5.74) is 2.90. The fourth-order valence-electron chi connectivity index (χ4n) is 2.66. The molecule has 2 amide bonds. The van der Waals surface area contributed by atoms with Gasteiger partial charge in [-0.05, 0) is 29.7 Å². The lowest BCUT2D eigenvalue weighted by Crippen LogP contribution is -2.39. The van der Waals surface area contributed by atoms with Gasteiger partial charge in [0.1, 0.15) is 5.82 Å². The number of aryl methyl sites for hydroxylation is 1. The molecule has 3 rings (SSSR count). The van der Waals surface area contributed by atoms with Crippen molar-refractivity contribution in [2.75, 3.05) is 5.32 Å². The largest absolute Gasteiger partial charge is 0.326 e. The van der Waals surface area contributed by atoms with Gasteiger partial charge in [0.05, 0.1) is 0 Å². The van der Waals surface area contributed by atoms with Crippen LogP contribution < -0.4 is 5.32 Å². The van der Waals surface area contributed by atoms with Gasteiger partial charge in [0.25, 0.3) is 0 Å². The Labute approximate surface area is 158 Å². The Morgan fingerprint density at radius 3 is 1.89 bits per heavy atom. The zero-order valence-electron chi connectivity index (χ0n) is 15.1. The number of pyridine rings is 1. The second kappa shape index (κ2) is 8.76. The van der Waals surface area contributed by atoms with Crippen molar-refractivity contribution in [2.45, 2.75) is 20.0 Å². The van der Waals surface area contributed by atoms with Crippen LogP contribution in [0.3, 0.4) is 0 Å². The Morgan fingerprint density at radius 2 is 1.41 bits per heavy atom. The number of anilines is 1. The van der Waals surface area contributed by atoms with Gasteiger partial charge in [-0.25, -0.2) is 4.98 Å². The summed E-state index contributed by atoms with van der Waals surface area (Å²) in [4.78, 5) is 30.9. The van der Waals surface area contributed by atoms with E-state index >= 15 is 0 Å². The molecule has 0 bridgehead atoms. The maximum Gasteiger partial charge on any atom is 0.315 e. The van der Waals surface area contributed by atoms with Crippen LogP contribution in [0, 0.1) is 6.92 Å². The Balaban J connectivity index is 1.76. The van der Waals surface area contributed by atoms with Crippen LogP contribution in [0.1, 0.15) is 16.7 Å². The number of hydrogen-bond acceptors (Lipinski definition) is 3. The summed E-state index contributed by atoms with van der Waals surface area (Å²) in [7, 11) is 0. The number of nitrogens with one attached hydrogen (secondary N) is 1. The van der Waals surface area contributed by atoms with Gasteiger partial charge in [-0.15, -0.1) is 0 Å². The van der Waals surface area contributed by atoms with Crippen LogP contribution in [0.15, 0.2) is 79.0 Å². The van der Waals surface area contributed by atoms with E-state index in [0.29, 0.717) is 18.9 Å². The summed E-state index contributed by atoms with van der Waals surface area (Å²) in [6, 6.07) is 22.7. The molecule has 0 spiro atoms. The van der Waals surface area contributed by atoms with Gasteiger partial charge in [0.2, 0.25) is 0 Å². The molecule has 0 unspecified atom stereocenters. The minimum absolute atomic E-state index is 0.351. The van der Waals surface area contributed by atoms with Crippen LogP contribution in [0.4, 0.5) is 5.82 Å². The average molecular weight is 359 g/mol. The van der Waals surface area contributed by atoms with Crippen molar-refractivity contribution in [1.29, 1.82) is 0 Å². The van der Waals surface area contributed by atoms with E-state index in [-0.39, 0.29) is 0 Å². The molecule has 3 aromatic rings. The van der Waals surface area contributed by atoms with Crippen LogP contribution >= 0.6 is 0 Å². The third-order valence-corrected chi connectivity index (χ3v) is 4.07. The lowest BCUT2D eigenvalue weighted by molar-refractivity contribution is -0.144. The topological polar surface area (TPSA) is 62.3 Å². The number of carbonyl (C=O) groups excluding carboxylic acids is 2. The molecular formula is C22H21N3O2. The molecule has 0 radical (unpaired) electrons. The van der Waals surface area contributed by atoms with Crippen LogP contribution in [-0.4, -0.2) is 21.7 Å². The molecule has 0 fully saturated rings. The SMILES string of the molecule is Cc1ccc(NC(=O)C(=O)N(Cc2ccccc2)Cc2ccccc2)nc1. The highest BCUT2D eigenvalue weighted by atomic mass is 16.2. The maximum absolute atomic E-state index is 12.8. The number of hydrogen-bond donors (Lipinski definition) is 1. The highest BCUT2D eigenvalue weighted by Crippen LogP contribution is 2.12. The highest BCUT2D eigenvalue weighted by molar-refractivity contribution is 6.39. The van der Waals surface area contributed by atoms with E-state index in [4.69, 9.17) is 0 Å². The predicted octanol–water partition coefficient (Wildman–Crippen LogP) is 3.56. The number of amides is 2. The Kier molecular flexibility index (Phi) is 5.94. The lowest BCUT2D eigenvalue weighted by atomic mass is 10.1. The summed E-state index contributed by atoms with van der Waals surface area (Å²) >= 11 is 0. The van der Waals surface area contributed by atoms with Gasteiger partial charge in [0.15, 0.2) is 0 Å². The Morgan fingerprint density at radius 1 is 0.852 bits per heavy atom. The quantitative estimate of drug-likeness (QED) is 0.709. The molecule has 0 saturated heterocycles. The first-order chi connectivity index (χ1) is 13.1. The number of rotatable bonds is 5. The van der Waals surface area contributed by atoms with Crippen molar-refractivity contribution in [3.8, 4) is 0 Å². The molecule has 0 saturated carbocycles. The van der Waals surface area contributed by atoms with Gasteiger partial charge in [-0.1, -0.05) is 66.7 Å². The molecule has 0 aliphatic heterocycles. The highest BCUT2D eigenvalue weighted by Gasteiger charge is 2.22. The van der Waals surface area contributed by atoms with Crippen LogP contribution in [0.2, 0.25) is 0 Å². The fourth-order valence-corrected chi connectivity index (χ4v) is 2.66. The molecule has 27 heavy (non-hydrogen) atoms. The molecule has 1 aromatic heterocycles. The first kappa shape index (κ1) is 18.3. The normalized spacial score (nSPS) is 10.3. The molecule has 0 aliphatic rings. The van der Waals surface area contributed by atoms with E-state index in [1.807, 2.05) is 73.7 Å². The standard InChI is InChI=1S/C22H21N3O2/c1-17-12-13-20(23-14-17)24-21(26)22(27)25(15-18-8-4-2-5-9-18)16-19-10-6-3-7-11-19/h2-14H,15-16H2,1H3,(H,23,24,26). The van der Waals surface area contributed by atoms with E-state index in [1.54, 1.807) is 12.3 Å². The van der Waals surface area contributed by atoms with Crippen molar-refractivity contribution >= 4 is 17.6 Å². The minimum atomic E-state index is -0.696. The van der Waals surface area contributed by atoms with Crippen molar-refractivity contribution in [1.82, 2.24) is 9.88 Å². The van der Waals surface area contributed by atoms with Gasteiger partial charge in [-0.2, -0.15) is 0 Å². The first-order valence-electron chi connectivity index (χ1n) is 8.72. The van der Waals surface area contributed by atoms with Gasteiger partial charge in [-0.3, -0.25) is 9.59 Å². The second-order valence-electron chi connectivity index (χ2n) is 6.31. The average Bonchev–Trinajstić information content (AvgIpc) is 2.70. The molecular weight excluding hydrogens is 338 g/mol. The van der Waals surface area contributed by atoms with Crippen molar-refractivity contribution in [3.05, 3.63) is 95.7 Å². The van der Waals surface area contributed by atoms with E-state index in [1.165, 1.54) is 4.90 Å². The number of nitrogens with zero attached hydrogens (tertiary/aromatic N) is 2.